The first-order valence-corrected chi connectivity index (χ1v) is 17.6. The smallest absolute Gasteiger partial charge is 0.405 e. The molecule has 1 saturated heterocycles. The van der Waals surface area contributed by atoms with Crippen molar-refractivity contribution in [3.05, 3.63) is 59.7 Å². The van der Waals surface area contributed by atoms with Crippen LogP contribution in [0.2, 0.25) is 0 Å². The Balaban J connectivity index is 0.000000770. The number of phenolic OH excluding ortho intramolecular Hbond substituents is 2. The van der Waals surface area contributed by atoms with Gasteiger partial charge in [-0.1, -0.05) is 51.7 Å². The van der Waals surface area contributed by atoms with Crippen molar-refractivity contribution in [1.82, 2.24) is 0 Å². The van der Waals surface area contributed by atoms with Crippen molar-refractivity contribution in [1.29, 1.82) is 0 Å². The number of primary amides is 1. The van der Waals surface area contributed by atoms with Crippen LogP contribution in [0.25, 0.3) is 0 Å². The van der Waals surface area contributed by atoms with E-state index in [0.29, 0.717) is 41.8 Å². The van der Waals surface area contributed by atoms with Crippen LogP contribution in [-0.2, 0) is 25.5 Å². The number of ether oxygens (including phenoxy) is 2. The third-order valence-electron chi connectivity index (χ3n) is 9.56. The summed E-state index contributed by atoms with van der Waals surface area (Å²) in [4.78, 5) is 36.4. The van der Waals surface area contributed by atoms with Crippen molar-refractivity contribution >= 4 is 29.3 Å². The van der Waals surface area contributed by atoms with E-state index in [-0.39, 0.29) is 40.9 Å². The number of nitrogens with two attached hydrogens (primary N) is 2. The fourth-order valence-electron chi connectivity index (χ4n) is 6.47. The minimum atomic E-state index is -0.918. The fourth-order valence-corrected chi connectivity index (χ4v) is 6.47. The molecule has 2 amide bonds. The monoisotopic (exact) mass is 715 g/mol. The lowest BCUT2D eigenvalue weighted by molar-refractivity contribution is -0.885. The number of carboxylic acids is 1. The maximum absolute atomic E-state index is 13.0. The number of hydrogen-bond acceptors (Lipinski definition) is 9. The second-order valence-electron chi connectivity index (χ2n) is 13.9. The molecule has 0 saturated carbocycles. The van der Waals surface area contributed by atoms with E-state index in [0.717, 1.165) is 25.9 Å². The number of aliphatic hydroxyl groups excluding tert-OH is 1. The number of nitrogens with one attached hydrogen (secondary N) is 2. The average molecular weight is 716 g/mol. The normalized spacial score (nSPS) is 30.5. The number of allylic oxidation sites excluding steroid dienone is 2. The number of quaternary nitrogens is 2. The number of carboxylic acid groups (broad SMARTS) is 1. The van der Waals surface area contributed by atoms with Gasteiger partial charge in [0, 0.05) is 55.3 Å². The molecule has 284 valence electrons. The predicted octanol–water partition coefficient (Wildman–Crippen LogP) is 1.22. The van der Waals surface area contributed by atoms with E-state index in [1.165, 1.54) is 18.1 Å². The van der Waals surface area contributed by atoms with E-state index < -0.39 is 36.3 Å². The number of aliphatic carboxylic acids is 1. The number of likely N-dealkylation sites (tertiary alicyclic amines) is 1. The molecule has 0 radical (unpaired) electrons. The molecule has 3 rings (SSSR count). The van der Waals surface area contributed by atoms with Crippen LogP contribution in [0.15, 0.2) is 54.2 Å². The molecule has 51 heavy (non-hydrogen) atoms. The Morgan fingerprint density at radius 2 is 1.82 bits per heavy atom. The van der Waals surface area contributed by atoms with Gasteiger partial charge in [-0.25, -0.2) is 4.79 Å². The first-order valence-electron chi connectivity index (χ1n) is 17.6. The molecule has 9 N–H and O–H groups in total. The number of hydrogen-bond donors (Lipinski definition) is 7. The number of carbonyl (C=O) groups excluding carboxylic acids is 3. The van der Waals surface area contributed by atoms with E-state index in [1.807, 2.05) is 33.8 Å². The summed E-state index contributed by atoms with van der Waals surface area (Å²) in [5.74, 6) is -2.49. The lowest BCUT2D eigenvalue weighted by Crippen LogP contribution is -3.10. The number of carbonyl (C=O) groups is 3. The Bertz CT molecular complexity index is 1450. The molecule has 2 bridgehead atoms. The van der Waals surface area contributed by atoms with Gasteiger partial charge in [0.1, 0.15) is 11.9 Å². The standard InChI is InChI=1S/C31H45N3O7.C7H13NO2/c1-8-12-33-26-22-13-17(2)14-25(40-7)27(36)20(5)15-21(6)29(41-31(32)39)18(3)10-9-11-19(4)30(38)34-23(28(22)37)16-24(26)35;1-8-4-2-6(3-5-8)7(9)10/h8-11,15-18,20,25,27,29,33,35-37H,1,12-14H2,2-7H3,(H2,32,39)(H,34,38);6H,2-5H2,1H3,(H,9,10)/p+1/b10-9-,19-11+,21-15+;/t17-,18+,20+,25+,27-,29-;/m1./s1. The Morgan fingerprint density at radius 3 is 2.39 bits per heavy atom. The molecule has 6 atom stereocenters. The van der Waals surface area contributed by atoms with Gasteiger partial charge in [0.2, 0.25) is 0 Å². The van der Waals surface area contributed by atoms with Crippen molar-refractivity contribution in [3.63, 3.8) is 0 Å². The second-order valence-corrected chi connectivity index (χ2v) is 13.9. The Morgan fingerprint density at radius 1 is 1.18 bits per heavy atom. The number of fused-ring (bicyclic) bond motifs is 2. The van der Waals surface area contributed by atoms with Crippen molar-refractivity contribution < 1.29 is 54.5 Å². The highest BCUT2D eigenvalue weighted by Gasteiger charge is 2.30. The summed E-state index contributed by atoms with van der Waals surface area (Å²) in [5.41, 5.74) is 7.43. The summed E-state index contributed by atoms with van der Waals surface area (Å²) in [7, 11) is 3.62. The van der Waals surface area contributed by atoms with E-state index in [9.17, 15) is 34.8 Å². The van der Waals surface area contributed by atoms with Gasteiger partial charge >= 0.3 is 6.09 Å². The zero-order valence-electron chi connectivity index (χ0n) is 31.1. The highest BCUT2D eigenvalue weighted by molar-refractivity contribution is 6.04. The maximum Gasteiger partial charge on any atom is 0.405 e. The third kappa shape index (κ3) is 13.1. The van der Waals surface area contributed by atoms with E-state index >= 15 is 0 Å². The molecule has 1 aromatic carbocycles. The van der Waals surface area contributed by atoms with Crippen LogP contribution in [0, 0.1) is 23.7 Å². The number of phenols is 2. The molecular weight excluding hydrogens is 656 g/mol. The molecule has 2 heterocycles. The molecule has 2 aliphatic rings. The number of benzene rings is 1. The fraction of sp³-hybridized carbons (Fsp3) is 0.553. The highest BCUT2D eigenvalue weighted by atomic mass is 16.6. The van der Waals surface area contributed by atoms with E-state index in [1.54, 1.807) is 36.5 Å². The highest BCUT2D eigenvalue weighted by Crippen LogP contribution is 2.40. The van der Waals surface area contributed by atoms with E-state index in [4.69, 9.17) is 15.2 Å². The summed E-state index contributed by atoms with van der Waals surface area (Å²) in [6.45, 7) is 15.2. The van der Waals surface area contributed by atoms with Gasteiger partial charge in [-0.05, 0) is 44.3 Å². The lowest BCUT2D eigenvalue weighted by atomic mass is 9.87. The largest absolute Gasteiger partial charge is 0.550 e. The molecule has 1 aromatic rings. The third-order valence-corrected chi connectivity index (χ3v) is 9.56. The molecule has 13 heteroatoms. The Kier molecular flexibility index (Phi) is 17.4. The van der Waals surface area contributed by atoms with Crippen LogP contribution in [-0.4, -0.2) is 85.4 Å². The van der Waals surface area contributed by atoms with Gasteiger partial charge in [0.25, 0.3) is 5.91 Å². The number of aliphatic hydroxyl groups is 1. The molecule has 0 aromatic heterocycles. The van der Waals surface area contributed by atoms with Gasteiger partial charge in [0.15, 0.2) is 11.4 Å². The van der Waals surface area contributed by atoms with Gasteiger partial charge in [-0.3, -0.25) is 4.79 Å². The summed E-state index contributed by atoms with van der Waals surface area (Å²) < 4.78 is 11.1. The average Bonchev–Trinajstić information content (AvgIpc) is 3.07. The number of aromatic hydroxyl groups is 2. The summed E-state index contributed by atoms with van der Waals surface area (Å²) >= 11 is 0. The van der Waals surface area contributed by atoms with Crippen LogP contribution in [0.3, 0.4) is 0 Å². The zero-order valence-corrected chi connectivity index (χ0v) is 31.1. The van der Waals surface area contributed by atoms with Gasteiger partial charge in [-0.2, -0.15) is 0 Å². The number of amides is 2. The molecule has 0 spiro atoms. The van der Waals surface area contributed by atoms with Crippen LogP contribution in [0.4, 0.5) is 16.2 Å². The Hall–Kier alpha value is -4.17. The molecular formula is C38H59N4O9+. The van der Waals surface area contributed by atoms with Crippen LogP contribution in [0.5, 0.6) is 11.5 Å². The van der Waals surface area contributed by atoms with Crippen molar-refractivity contribution in [2.24, 2.45) is 29.4 Å². The Labute approximate surface area is 301 Å². The second kappa shape index (κ2) is 20.6. The number of anilines is 1. The van der Waals surface area contributed by atoms with Crippen LogP contribution >= 0.6 is 0 Å². The lowest BCUT2D eigenvalue weighted by Gasteiger charge is -2.29. The molecule has 0 unspecified atom stereocenters. The molecule has 13 nitrogen and oxygen atoms in total. The predicted molar refractivity (Wildman–Crippen MR) is 193 cm³/mol. The van der Waals surface area contributed by atoms with Gasteiger partial charge in [0.05, 0.1) is 50.1 Å². The number of methoxy groups -OCH3 is 1. The minimum absolute atomic E-state index is 0.0820. The molecule has 2 aliphatic heterocycles. The van der Waals surface area contributed by atoms with Crippen LogP contribution in [0.1, 0.15) is 59.4 Å². The minimum Gasteiger partial charge on any atom is -0.550 e. The first-order chi connectivity index (χ1) is 24.0. The number of rotatable bonds is 6. The van der Waals surface area contributed by atoms with E-state index in [2.05, 4.69) is 18.9 Å². The maximum atomic E-state index is 13.0. The topological polar surface area (TPSA) is 213 Å². The van der Waals surface area contributed by atoms with Crippen molar-refractivity contribution in [2.45, 2.75) is 78.6 Å². The molecule has 1 fully saturated rings. The van der Waals surface area contributed by atoms with Gasteiger partial charge in [-0.15, -0.1) is 0 Å². The summed E-state index contributed by atoms with van der Waals surface area (Å²) in [6, 6.07) is 1.33. The number of piperidine rings is 1. The first kappa shape index (κ1) is 43.0. The summed E-state index contributed by atoms with van der Waals surface area (Å²) in [5, 5.41) is 48.1. The SMILES string of the molecule is C=CC[NH2+]c1c(O)cc2c(O)c1C[C@@H](C)C[C@H](OC)[C@H](O)[C@@H](C)/C=C(\C)[C@H](OC(N)=O)[C@@H](C)/C=C\C=C(/C)C(=O)N2.C[NH+]1CCC(C(=O)[O-])CC1. The quantitative estimate of drug-likeness (QED) is 0.0976. The molecule has 0 aliphatic carbocycles. The van der Waals surface area contributed by atoms with Crippen LogP contribution < -0.4 is 26.4 Å². The van der Waals surface area contributed by atoms with Crippen molar-refractivity contribution in [2.75, 3.05) is 39.1 Å². The van der Waals surface area contributed by atoms with Gasteiger partial charge < -0.3 is 56.0 Å². The van der Waals surface area contributed by atoms with Crippen molar-refractivity contribution in [3.8, 4) is 11.5 Å². The summed E-state index contributed by atoms with van der Waals surface area (Å²) in [6.07, 6.45) is 7.89. The zero-order chi connectivity index (χ0) is 38.4.